The molecule has 16 heteroatoms. The van der Waals surface area contributed by atoms with E-state index in [1.165, 1.54) is 0 Å². The van der Waals surface area contributed by atoms with Gasteiger partial charge in [-0.25, -0.2) is 0 Å². The third-order valence-electron chi connectivity index (χ3n) is 5.09. The van der Waals surface area contributed by atoms with Crippen LogP contribution in [0.2, 0.25) is 10.6 Å². The number of hydrogen-bond donors (Lipinski definition) is 4. The highest BCUT2D eigenvalue weighted by Crippen LogP contribution is 2.37. The van der Waals surface area contributed by atoms with E-state index in [9.17, 15) is 22.9 Å². The van der Waals surface area contributed by atoms with Gasteiger partial charge in [-0.15, -0.1) is 10.2 Å². The van der Waals surface area contributed by atoms with Crippen molar-refractivity contribution in [3.8, 4) is 5.75 Å². The molecule has 0 amide bonds. The number of hydrazone groups is 1. The summed E-state index contributed by atoms with van der Waals surface area (Å²) in [7, 11) is -4.74. The topological polar surface area (TPSA) is 191 Å². The number of nitrogens with zero attached hydrogens (tertiary/aromatic N) is 6. The molecule has 1 heterocycles. The number of anilines is 3. The predicted octanol–water partition coefficient (Wildman–Crippen LogP) is 5.55. The van der Waals surface area contributed by atoms with Gasteiger partial charge in [0.25, 0.3) is 10.1 Å². The molecule has 0 aliphatic carbocycles. The summed E-state index contributed by atoms with van der Waals surface area (Å²) in [5.74, 6) is -0.735. The number of rotatable bonds is 8. The van der Waals surface area contributed by atoms with Crippen LogP contribution in [0.15, 0.2) is 80.9 Å². The number of carbonyl (C=O) groups is 1. The first-order chi connectivity index (χ1) is 19.0. The first-order valence-corrected chi connectivity index (χ1v) is 13.3. The van der Waals surface area contributed by atoms with Crippen LogP contribution in [-0.4, -0.2) is 45.2 Å². The summed E-state index contributed by atoms with van der Waals surface area (Å²) in [6.07, 6.45) is 0.644. The highest BCUT2D eigenvalue weighted by molar-refractivity contribution is 7.85. The van der Waals surface area contributed by atoms with Crippen molar-refractivity contribution in [2.45, 2.75) is 11.8 Å². The van der Waals surface area contributed by atoms with E-state index in [1.54, 1.807) is 48.5 Å². The Balaban J connectivity index is 1.77. The molecule has 0 atom stereocenters. The van der Waals surface area contributed by atoms with Gasteiger partial charge in [0.05, 0.1) is 16.3 Å². The molecular formula is C24H18Cl2N8O5S. The van der Waals surface area contributed by atoms with Crippen LogP contribution in [0.4, 0.5) is 23.0 Å². The number of aryl methyl sites for hydroxylation is 1. The van der Waals surface area contributed by atoms with Crippen molar-refractivity contribution >= 4 is 68.5 Å². The second-order valence-electron chi connectivity index (χ2n) is 7.96. The lowest BCUT2D eigenvalue weighted by Gasteiger charge is -2.13. The smallest absolute Gasteiger partial charge is 0.294 e. The number of phenolic OH excluding ortho intramolecular Hbond substituents is 1. The van der Waals surface area contributed by atoms with E-state index in [-0.39, 0.29) is 33.7 Å². The lowest BCUT2D eigenvalue weighted by molar-refractivity contribution is 0.112. The molecule has 0 spiro atoms. The van der Waals surface area contributed by atoms with Crippen LogP contribution in [0, 0.1) is 6.92 Å². The number of benzene rings is 3. The van der Waals surface area contributed by atoms with Gasteiger partial charge >= 0.3 is 0 Å². The van der Waals surface area contributed by atoms with Crippen LogP contribution in [0.3, 0.4) is 0 Å². The van der Waals surface area contributed by atoms with Gasteiger partial charge in [0.2, 0.25) is 22.4 Å². The highest BCUT2D eigenvalue weighted by Gasteiger charge is 2.19. The van der Waals surface area contributed by atoms with Gasteiger partial charge in [-0.3, -0.25) is 14.8 Å². The van der Waals surface area contributed by atoms with Crippen LogP contribution < -0.4 is 10.7 Å². The number of aromatic hydroxyl groups is 1. The van der Waals surface area contributed by atoms with Gasteiger partial charge in [0.1, 0.15) is 5.69 Å². The van der Waals surface area contributed by atoms with Crippen LogP contribution in [-0.2, 0) is 10.1 Å². The van der Waals surface area contributed by atoms with Gasteiger partial charge in [-0.05, 0) is 60.0 Å². The molecule has 0 aliphatic rings. The summed E-state index contributed by atoms with van der Waals surface area (Å²) in [6, 6.07) is 15.5. The number of amidine groups is 1. The van der Waals surface area contributed by atoms with Crippen molar-refractivity contribution in [1.29, 1.82) is 0 Å². The first kappa shape index (κ1) is 28.5. The number of aldehydes is 1. The Bertz CT molecular complexity index is 1730. The molecule has 4 aromatic rings. The SMILES string of the molecule is Cc1ccc(C=O)c(N=N/C(=N\Nc2cc(S(=O)(=O)O)cc(Nc3nc(Cl)nc(Cl)n3)c2O)c2ccccc2)c1. The number of azo groups is 1. The van der Waals surface area contributed by atoms with Crippen molar-refractivity contribution in [2.75, 3.05) is 10.7 Å². The van der Waals surface area contributed by atoms with Crippen molar-refractivity contribution in [3.63, 3.8) is 0 Å². The maximum Gasteiger partial charge on any atom is 0.294 e. The molecule has 0 saturated carbocycles. The minimum atomic E-state index is -4.74. The quantitative estimate of drug-likeness (QED) is 0.0378. The molecule has 0 fully saturated rings. The molecule has 4 N–H and O–H groups in total. The number of phenols is 1. The summed E-state index contributed by atoms with van der Waals surface area (Å²) in [4.78, 5) is 22.1. The fraction of sp³-hybridized carbons (Fsp3) is 0.0417. The largest absolute Gasteiger partial charge is 0.504 e. The van der Waals surface area contributed by atoms with Crippen molar-refractivity contribution in [3.05, 3.63) is 87.9 Å². The van der Waals surface area contributed by atoms with Crippen LogP contribution in [0.5, 0.6) is 5.75 Å². The average molecular weight is 601 g/mol. The van der Waals surface area contributed by atoms with E-state index >= 15 is 0 Å². The van der Waals surface area contributed by atoms with E-state index < -0.39 is 20.8 Å². The maximum atomic E-state index is 12.0. The van der Waals surface area contributed by atoms with Gasteiger partial charge in [-0.1, -0.05) is 36.4 Å². The molecule has 0 aliphatic heterocycles. The lowest BCUT2D eigenvalue weighted by atomic mass is 10.1. The molecule has 13 nitrogen and oxygen atoms in total. The third-order valence-corrected chi connectivity index (χ3v) is 6.26. The minimum Gasteiger partial charge on any atom is -0.504 e. The zero-order chi connectivity index (χ0) is 28.9. The fourth-order valence-electron chi connectivity index (χ4n) is 3.23. The monoisotopic (exact) mass is 600 g/mol. The standard InChI is InChI=1S/C24H18Cl2N8O5S/c1-13-7-8-15(12-35)17(9-13)31-33-21(14-5-3-2-4-6-14)34-32-19-11-16(40(37,38)39)10-18(20(19)36)27-24-29-22(25)28-23(26)30-24/h2-12,32,36H,1H3,(H,37,38,39)(H,27,28,29,30)/b33-31?,34-21-. The maximum absolute atomic E-state index is 12.0. The molecule has 4 rings (SSSR count). The number of carbonyl (C=O) groups excluding carboxylic acids is 1. The lowest BCUT2D eigenvalue weighted by Crippen LogP contribution is -2.06. The molecule has 204 valence electrons. The Morgan fingerprint density at radius 1 is 0.975 bits per heavy atom. The van der Waals surface area contributed by atoms with E-state index in [0.29, 0.717) is 23.1 Å². The van der Waals surface area contributed by atoms with Crippen molar-refractivity contribution < 1.29 is 22.9 Å². The second-order valence-corrected chi connectivity index (χ2v) is 10.1. The first-order valence-electron chi connectivity index (χ1n) is 11.1. The zero-order valence-electron chi connectivity index (χ0n) is 20.3. The van der Waals surface area contributed by atoms with Gasteiger partial charge in [-0.2, -0.15) is 28.5 Å². The van der Waals surface area contributed by atoms with Gasteiger partial charge in [0.15, 0.2) is 12.0 Å². The predicted molar refractivity (Wildman–Crippen MR) is 149 cm³/mol. The number of aromatic nitrogens is 3. The Morgan fingerprint density at radius 2 is 1.65 bits per heavy atom. The number of halogens is 2. The zero-order valence-corrected chi connectivity index (χ0v) is 22.6. The second kappa shape index (κ2) is 12.1. The molecule has 0 saturated heterocycles. The van der Waals surface area contributed by atoms with E-state index in [4.69, 9.17) is 23.2 Å². The van der Waals surface area contributed by atoms with Crippen LogP contribution in [0.1, 0.15) is 21.5 Å². The average Bonchev–Trinajstić information content (AvgIpc) is 2.90. The molecular weight excluding hydrogens is 583 g/mol. The summed E-state index contributed by atoms with van der Waals surface area (Å²) < 4.78 is 33.6. The van der Waals surface area contributed by atoms with E-state index in [2.05, 4.69) is 41.0 Å². The third kappa shape index (κ3) is 7.12. The normalized spacial score (nSPS) is 11.9. The molecule has 0 bridgehead atoms. The summed E-state index contributed by atoms with van der Waals surface area (Å²) in [5.41, 5.74) is 4.00. The Morgan fingerprint density at radius 3 is 2.30 bits per heavy atom. The van der Waals surface area contributed by atoms with Gasteiger partial charge < -0.3 is 10.4 Å². The van der Waals surface area contributed by atoms with Crippen molar-refractivity contribution in [1.82, 2.24) is 15.0 Å². The van der Waals surface area contributed by atoms with Crippen LogP contribution >= 0.6 is 23.2 Å². The molecule has 40 heavy (non-hydrogen) atoms. The highest BCUT2D eigenvalue weighted by atomic mass is 35.5. The Labute approximate surface area is 237 Å². The summed E-state index contributed by atoms with van der Waals surface area (Å²) in [5, 5.41) is 25.4. The molecule has 0 unspecified atom stereocenters. The fourth-order valence-corrected chi connectivity index (χ4v) is 4.12. The summed E-state index contributed by atoms with van der Waals surface area (Å²) in [6.45, 7) is 1.83. The van der Waals surface area contributed by atoms with Crippen molar-refractivity contribution in [2.24, 2.45) is 15.3 Å². The number of nitrogens with one attached hydrogen (secondary N) is 2. The minimum absolute atomic E-state index is 0.0150. The molecule has 0 radical (unpaired) electrons. The van der Waals surface area contributed by atoms with E-state index in [0.717, 1.165) is 17.7 Å². The Kier molecular flexibility index (Phi) is 8.64. The van der Waals surface area contributed by atoms with E-state index in [1.807, 2.05) is 6.92 Å². The Hall–Kier alpha value is -4.50. The molecule has 1 aromatic heterocycles. The van der Waals surface area contributed by atoms with Crippen LogP contribution in [0.25, 0.3) is 0 Å². The summed E-state index contributed by atoms with van der Waals surface area (Å²) >= 11 is 11.6. The molecule has 3 aromatic carbocycles. The number of hydrogen-bond acceptors (Lipinski definition) is 11. The van der Waals surface area contributed by atoms with Gasteiger partial charge in [0, 0.05) is 11.1 Å².